The Morgan fingerprint density at radius 3 is 2.68 bits per heavy atom. The number of carbonyl (C=O) groups is 1. The fourth-order valence-electron chi connectivity index (χ4n) is 4.50. The van der Waals surface area contributed by atoms with Gasteiger partial charge in [-0.3, -0.25) is 9.78 Å². The summed E-state index contributed by atoms with van der Waals surface area (Å²) < 4.78 is 0. The maximum Gasteiger partial charge on any atom is 0.256 e. The van der Waals surface area contributed by atoms with Crippen LogP contribution in [-0.4, -0.2) is 49.4 Å². The van der Waals surface area contributed by atoms with Crippen molar-refractivity contribution in [2.75, 3.05) is 11.9 Å². The predicted octanol–water partition coefficient (Wildman–Crippen LogP) is 2.69. The lowest BCUT2D eigenvalue weighted by molar-refractivity contribution is 0.0692. The molecule has 1 amide bonds. The number of piperidine rings is 1. The summed E-state index contributed by atoms with van der Waals surface area (Å²) in [5.74, 6) is 0.591. The highest BCUT2D eigenvalue weighted by molar-refractivity contribution is 5.98. The molecule has 28 heavy (non-hydrogen) atoms. The van der Waals surface area contributed by atoms with E-state index in [4.69, 9.17) is 0 Å². The van der Waals surface area contributed by atoms with Crippen LogP contribution < -0.4 is 5.32 Å². The van der Waals surface area contributed by atoms with Crippen LogP contribution in [0.3, 0.4) is 0 Å². The lowest BCUT2D eigenvalue weighted by atomic mass is 10.0. The van der Waals surface area contributed by atoms with Gasteiger partial charge in [-0.05, 0) is 49.9 Å². The van der Waals surface area contributed by atoms with E-state index in [1.165, 1.54) is 4.80 Å². The Kier molecular flexibility index (Phi) is 4.07. The minimum Gasteiger partial charge on any atom is -0.379 e. The number of rotatable bonds is 4. The molecule has 2 aromatic heterocycles. The Morgan fingerprint density at radius 1 is 1.11 bits per heavy atom. The molecule has 0 spiro atoms. The molecular formula is C21H22N6O. The molecule has 1 saturated heterocycles. The van der Waals surface area contributed by atoms with E-state index >= 15 is 0 Å². The standard InChI is InChI=1S/C21H22N6O/c1-14-6-7-16(12-22-14)25-18-10-15-11-20(18)26(13-15)21(28)17-4-2-3-5-19(17)27-23-8-9-24-27/h2-9,12,15,18,20,25H,10-11,13H2,1H3. The average molecular weight is 374 g/mol. The quantitative estimate of drug-likeness (QED) is 0.760. The largest absolute Gasteiger partial charge is 0.379 e. The van der Waals surface area contributed by atoms with E-state index in [1.54, 1.807) is 12.4 Å². The van der Waals surface area contributed by atoms with Crippen LogP contribution in [0.2, 0.25) is 0 Å². The normalized spacial score (nSPS) is 23.2. The number of para-hydroxylation sites is 1. The van der Waals surface area contributed by atoms with Crippen LogP contribution in [0.5, 0.6) is 0 Å². The van der Waals surface area contributed by atoms with Gasteiger partial charge in [0.05, 0.1) is 41.6 Å². The summed E-state index contributed by atoms with van der Waals surface area (Å²) in [5, 5.41) is 12.0. The third kappa shape index (κ3) is 2.93. The van der Waals surface area contributed by atoms with Crippen molar-refractivity contribution < 1.29 is 4.79 Å². The summed E-state index contributed by atoms with van der Waals surface area (Å²) in [5.41, 5.74) is 3.37. The van der Waals surface area contributed by atoms with Crippen LogP contribution in [-0.2, 0) is 0 Å². The van der Waals surface area contributed by atoms with E-state index in [0.717, 1.165) is 30.8 Å². The number of likely N-dealkylation sites (tertiary alicyclic amines) is 1. The van der Waals surface area contributed by atoms with E-state index in [-0.39, 0.29) is 18.0 Å². The van der Waals surface area contributed by atoms with Gasteiger partial charge < -0.3 is 10.2 Å². The van der Waals surface area contributed by atoms with Crippen LogP contribution >= 0.6 is 0 Å². The first-order chi connectivity index (χ1) is 13.7. The molecule has 2 fully saturated rings. The van der Waals surface area contributed by atoms with E-state index in [1.807, 2.05) is 48.4 Å². The highest BCUT2D eigenvalue weighted by atomic mass is 16.2. The van der Waals surface area contributed by atoms with Gasteiger partial charge in [-0.1, -0.05) is 12.1 Å². The molecule has 7 heteroatoms. The van der Waals surface area contributed by atoms with Crippen molar-refractivity contribution in [3.63, 3.8) is 0 Å². The van der Waals surface area contributed by atoms with Gasteiger partial charge in [0.2, 0.25) is 0 Å². The Balaban J connectivity index is 1.39. The van der Waals surface area contributed by atoms with Crippen LogP contribution in [0.4, 0.5) is 5.69 Å². The number of benzene rings is 1. The lowest BCUT2D eigenvalue weighted by Crippen LogP contribution is -2.47. The van der Waals surface area contributed by atoms with Gasteiger partial charge in [-0.2, -0.15) is 15.0 Å². The monoisotopic (exact) mass is 374 g/mol. The van der Waals surface area contributed by atoms with Crippen molar-refractivity contribution in [2.24, 2.45) is 5.92 Å². The summed E-state index contributed by atoms with van der Waals surface area (Å²) in [4.78, 5) is 21.3. The number of pyridine rings is 1. The number of hydrogen-bond donors (Lipinski definition) is 1. The first-order valence-electron chi connectivity index (χ1n) is 9.65. The Bertz CT molecular complexity index is 984. The molecule has 2 bridgehead atoms. The molecule has 3 unspecified atom stereocenters. The van der Waals surface area contributed by atoms with Crippen LogP contribution in [0.25, 0.3) is 5.69 Å². The number of anilines is 1. The Morgan fingerprint density at radius 2 is 1.93 bits per heavy atom. The Hall–Kier alpha value is -3.22. The van der Waals surface area contributed by atoms with Gasteiger partial charge in [-0.25, -0.2) is 0 Å². The van der Waals surface area contributed by atoms with Crippen molar-refractivity contribution in [3.05, 3.63) is 66.2 Å². The molecule has 1 aromatic carbocycles. The second-order valence-corrected chi connectivity index (χ2v) is 7.64. The van der Waals surface area contributed by atoms with Gasteiger partial charge >= 0.3 is 0 Å². The molecule has 7 nitrogen and oxygen atoms in total. The lowest BCUT2D eigenvalue weighted by Gasteiger charge is -2.34. The number of carbonyl (C=O) groups excluding carboxylic acids is 1. The van der Waals surface area contributed by atoms with Crippen molar-refractivity contribution in [3.8, 4) is 5.69 Å². The topological polar surface area (TPSA) is 75.9 Å². The summed E-state index contributed by atoms with van der Waals surface area (Å²) >= 11 is 0. The highest BCUT2D eigenvalue weighted by Crippen LogP contribution is 2.40. The number of nitrogens with one attached hydrogen (secondary N) is 1. The maximum atomic E-state index is 13.4. The second-order valence-electron chi connectivity index (χ2n) is 7.64. The van der Waals surface area contributed by atoms with Crippen LogP contribution in [0, 0.1) is 12.8 Å². The third-order valence-electron chi connectivity index (χ3n) is 5.77. The molecule has 3 aromatic rings. The van der Waals surface area contributed by atoms with Gasteiger partial charge in [0.25, 0.3) is 5.91 Å². The van der Waals surface area contributed by atoms with Gasteiger partial charge in [-0.15, -0.1) is 0 Å². The predicted molar refractivity (Wildman–Crippen MR) is 105 cm³/mol. The molecule has 5 rings (SSSR count). The first kappa shape index (κ1) is 16.9. The first-order valence-corrected chi connectivity index (χ1v) is 9.65. The van der Waals surface area contributed by atoms with E-state index in [2.05, 4.69) is 26.6 Å². The molecule has 1 saturated carbocycles. The zero-order valence-electron chi connectivity index (χ0n) is 15.7. The molecule has 1 N–H and O–H groups in total. The molecule has 0 radical (unpaired) electrons. The van der Waals surface area contributed by atoms with Crippen molar-refractivity contribution in [2.45, 2.75) is 31.8 Å². The van der Waals surface area contributed by atoms with Crippen LogP contribution in [0.1, 0.15) is 28.9 Å². The number of fused-ring (bicyclic) bond motifs is 2. The number of aryl methyl sites for hydroxylation is 1. The fourth-order valence-corrected chi connectivity index (χ4v) is 4.50. The molecule has 1 aliphatic carbocycles. The van der Waals surface area contributed by atoms with E-state index < -0.39 is 0 Å². The van der Waals surface area contributed by atoms with E-state index in [9.17, 15) is 4.79 Å². The Labute approximate surface area is 163 Å². The van der Waals surface area contributed by atoms with Gasteiger partial charge in [0, 0.05) is 18.3 Å². The summed E-state index contributed by atoms with van der Waals surface area (Å²) in [6.45, 7) is 2.79. The van der Waals surface area contributed by atoms with Gasteiger partial charge in [0.1, 0.15) is 0 Å². The number of amides is 1. The number of aromatic nitrogens is 4. The summed E-state index contributed by atoms with van der Waals surface area (Å²) in [6, 6.07) is 12.0. The fraction of sp³-hybridized carbons (Fsp3) is 0.333. The molecule has 2 aliphatic rings. The number of nitrogens with zero attached hydrogens (tertiary/aromatic N) is 5. The minimum absolute atomic E-state index is 0.0499. The highest BCUT2D eigenvalue weighted by Gasteiger charge is 2.47. The zero-order chi connectivity index (χ0) is 19.1. The SMILES string of the molecule is Cc1ccc(NC2CC3CC2N(C(=O)c2ccccc2-n2nccn2)C3)cn1. The van der Waals surface area contributed by atoms with Crippen LogP contribution in [0.15, 0.2) is 55.0 Å². The van der Waals surface area contributed by atoms with E-state index in [0.29, 0.717) is 17.2 Å². The summed E-state index contributed by atoms with van der Waals surface area (Å²) in [7, 11) is 0. The van der Waals surface area contributed by atoms with Crippen molar-refractivity contribution >= 4 is 11.6 Å². The zero-order valence-corrected chi connectivity index (χ0v) is 15.7. The van der Waals surface area contributed by atoms with Crippen molar-refractivity contribution in [1.29, 1.82) is 0 Å². The molecular weight excluding hydrogens is 352 g/mol. The molecule has 1 aliphatic heterocycles. The average Bonchev–Trinajstić information content (AvgIpc) is 3.46. The van der Waals surface area contributed by atoms with Crippen molar-refractivity contribution in [1.82, 2.24) is 24.9 Å². The minimum atomic E-state index is 0.0499. The maximum absolute atomic E-state index is 13.4. The second kappa shape index (κ2) is 6.74. The summed E-state index contributed by atoms with van der Waals surface area (Å²) in [6.07, 6.45) is 7.24. The third-order valence-corrected chi connectivity index (χ3v) is 5.77. The number of hydrogen-bond acceptors (Lipinski definition) is 5. The molecule has 3 heterocycles. The molecule has 142 valence electrons. The van der Waals surface area contributed by atoms with Gasteiger partial charge in [0.15, 0.2) is 0 Å². The molecule has 3 atom stereocenters. The smallest absolute Gasteiger partial charge is 0.256 e.